The first kappa shape index (κ1) is 15.6. The highest BCUT2D eigenvalue weighted by Gasteiger charge is 2.25. The molecule has 1 aliphatic heterocycles. The molecule has 5 heteroatoms. The number of nitrogens with one attached hydrogen (secondary N) is 1. The molecule has 0 spiro atoms. The molecule has 1 N–H and O–H groups in total. The van der Waals surface area contributed by atoms with E-state index in [1.165, 1.54) is 25.7 Å². The van der Waals surface area contributed by atoms with Crippen LogP contribution in [0.5, 0.6) is 0 Å². The number of ether oxygens (including phenoxy) is 2. The van der Waals surface area contributed by atoms with E-state index in [9.17, 15) is 0 Å². The van der Waals surface area contributed by atoms with E-state index in [0.717, 1.165) is 38.1 Å². The van der Waals surface area contributed by atoms with Crippen molar-refractivity contribution in [2.75, 3.05) is 53.6 Å². The average Bonchev–Trinajstić information content (AvgIpc) is 3.17. The van der Waals surface area contributed by atoms with Crippen LogP contribution < -0.4 is 5.32 Å². The second kappa shape index (κ2) is 8.47. The van der Waals surface area contributed by atoms with Gasteiger partial charge in [0.15, 0.2) is 5.96 Å². The Morgan fingerprint density at radius 1 is 1.25 bits per heavy atom. The normalized spacial score (nSPS) is 23.4. The Bertz CT molecular complexity index is 305. The molecule has 2 fully saturated rings. The second-order valence-electron chi connectivity index (χ2n) is 5.87. The van der Waals surface area contributed by atoms with Gasteiger partial charge in [0.05, 0.1) is 19.8 Å². The molecule has 1 aliphatic carbocycles. The summed E-state index contributed by atoms with van der Waals surface area (Å²) in [4.78, 5) is 6.76. The third kappa shape index (κ3) is 5.29. The van der Waals surface area contributed by atoms with Gasteiger partial charge in [-0.3, -0.25) is 4.99 Å². The van der Waals surface area contributed by atoms with Gasteiger partial charge < -0.3 is 19.7 Å². The first-order valence-electron chi connectivity index (χ1n) is 7.85. The van der Waals surface area contributed by atoms with Crippen LogP contribution >= 0.6 is 0 Å². The predicted molar refractivity (Wildman–Crippen MR) is 81.1 cm³/mol. The van der Waals surface area contributed by atoms with Crippen LogP contribution in [0.3, 0.4) is 0 Å². The van der Waals surface area contributed by atoms with Crippen molar-refractivity contribution in [3.05, 3.63) is 0 Å². The first-order valence-corrected chi connectivity index (χ1v) is 7.85. The minimum absolute atomic E-state index is 0.619. The summed E-state index contributed by atoms with van der Waals surface area (Å²) in [7, 11) is 3.58. The van der Waals surface area contributed by atoms with Gasteiger partial charge in [0, 0.05) is 39.7 Å². The molecule has 0 aromatic heterocycles. The van der Waals surface area contributed by atoms with Crippen molar-refractivity contribution in [2.45, 2.75) is 25.7 Å². The van der Waals surface area contributed by atoms with E-state index in [4.69, 9.17) is 9.47 Å². The maximum atomic E-state index is 5.63. The van der Waals surface area contributed by atoms with E-state index in [1.54, 1.807) is 7.11 Å². The Morgan fingerprint density at radius 2 is 2.10 bits per heavy atom. The predicted octanol–water partition coefficient (Wildman–Crippen LogP) is 1.35. The van der Waals surface area contributed by atoms with Crippen molar-refractivity contribution < 1.29 is 9.47 Å². The number of guanidine groups is 1. The molecule has 2 aliphatic rings. The van der Waals surface area contributed by atoms with Crippen molar-refractivity contribution in [2.24, 2.45) is 16.8 Å². The quantitative estimate of drug-likeness (QED) is 0.415. The van der Waals surface area contributed by atoms with E-state index in [0.29, 0.717) is 19.1 Å². The van der Waals surface area contributed by atoms with Gasteiger partial charge in [-0.15, -0.1) is 0 Å². The largest absolute Gasteiger partial charge is 0.382 e. The summed E-state index contributed by atoms with van der Waals surface area (Å²) in [5.41, 5.74) is 0. The molecule has 0 aromatic rings. The molecule has 1 saturated heterocycles. The highest BCUT2D eigenvalue weighted by Crippen LogP contribution is 2.31. The Hall–Kier alpha value is -0.810. The Kier molecular flexibility index (Phi) is 6.60. The van der Waals surface area contributed by atoms with Crippen molar-refractivity contribution in [3.8, 4) is 0 Å². The zero-order valence-electron chi connectivity index (χ0n) is 12.9. The lowest BCUT2D eigenvalue weighted by molar-refractivity contribution is 0.0536. The van der Waals surface area contributed by atoms with Crippen LogP contribution in [-0.2, 0) is 9.47 Å². The lowest BCUT2D eigenvalue weighted by Crippen LogP contribution is -2.40. The van der Waals surface area contributed by atoms with Gasteiger partial charge in [-0.1, -0.05) is 12.8 Å². The third-order valence-corrected chi connectivity index (χ3v) is 4.12. The average molecular weight is 283 g/mol. The van der Waals surface area contributed by atoms with Crippen LogP contribution in [0.4, 0.5) is 0 Å². The van der Waals surface area contributed by atoms with E-state index >= 15 is 0 Å². The highest BCUT2D eigenvalue weighted by atomic mass is 16.5. The number of methoxy groups -OCH3 is 1. The molecule has 2 rings (SSSR count). The van der Waals surface area contributed by atoms with Crippen LogP contribution in [0.2, 0.25) is 0 Å². The number of hydrogen-bond donors (Lipinski definition) is 1. The molecule has 0 amide bonds. The van der Waals surface area contributed by atoms with Gasteiger partial charge in [0.2, 0.25) is 0 Å². The number of likely N-dealkylation sites (tertiary alicyclic amines) is 1. The molecule has 1 saturated carbocycles. The molecule has 0 radical (unpaired) electrons. The molecule has 0 bridgehead atoms. The third-order valence-electron chi connectivity index (χ3n) is 4.12. The molecular formula is C15H29N3O2. The van der Waals surface area contributed by atoms with Crippen LogP contribution in [0.15, 0.2) is 4.99 Å². The van der Waals surface area contributed by atoms with Crippen LogP contribution in [-0.4, -0.2) is 64.5 Å². The first-order chi connectivity index (χ1) is 9.83. The van der Waals surface area contributed by atoms with Crippen molar-refractivity contribution in [1.29, 1.82) is 0 Å². The topological polar surface area (TPSA) is 46.1 Å². The fraction of sp³-hybridized carbons (Fsp3) is 0.933. The summed E-state index contributed by atoms with van der Waals surface area (Å²) in [5, 5.41) is 3.49. The van der Waals surface area contributed by atoms with Gasteiger partial charge in [-0.2, -0.15) is 0 Å². The Balaban J connectivity index is 1.61. The molecule has 1 atom stereocenters. The minimum atomic E-state index is 0.619. The standard InChI is InChI=1S/C15H29N3O2/c1-16-15(17-7-5-13-3-4-13)18-8-6-14(11-18)12-20-10-9-19-2/h13-14H,3-12H2,1-2H3,(H,16,17). The summed E-state index contributed by atoms with van der Waals surface area (Å²) in [5.74, 6) is 2.65. The van der Waals surface area contributed by atoms with E-state index in [2.05, 4.69) is 15.2 Å². The van der Waals surface area contributed by atoms with Crippen LogP contribution in [0.25, 0.3) is 0 Å². The van der Waals surface area contributed by atoms with Crippen molar-refractivity contribution in [1.82, 2.24) is 10.2 Å². The van der Waals surface area contributed by atoms with Gasteiger partial charge in [0.1, 0.15) is 0 Å². The summed E-state index contributed by atoms with van der Waals surface area (Å²) in [6, 6.07) is 0. The summed E-state index contributed by atoms with van der Waals surface area (Å²) in [6.07, 6.45) is 5.32. The zero-order chi connectivity index (χ0) is 14.2. The molecular weight excluding hydrogens is 254 g/mol. The summed E-state index contributed by atoms with van der Waals surface area (Å²) < 4.78 is 10.6. The van der Waals surface area contributed by atoms with Crippen LogP contribution in [0.1, 0.15) is 25.7 Å². The van der Waals surface area contributed by atoms with Crippen molar-refractivity contribution >= 4 is 5.96 Å². The van der Waals surface area contributed by atoms with E-state index < -0.39 is 0 Å². The highest BCUT2D eigenvalue weighted by molar-refractivity contribution is 5.80. The molecule has 0 aromatic carbocycles. The molecule has 20 heavy (non-hydrogen) atoms. The van der Waals surface area contributed by atoms with Gasteiger partial charge in [0.25, 0.3) is 0 Å². The minimum Gasteiger partial charge on any atom is -0.382 e. The van der Waals surface area contributed by atoms with E-state index in [1.807, 2.05) is 7.05 Å². The van der Waals surface area contributed by atoms with Gasteiger partial charge >= 0.3 is 0 Å². The Morgan fingerprint density at radius 3 is 2.80 bits per heavy atom. The summed E-state index contributed by atoms with van der Waals surface area (Å²) >= 11 is 0. The van der Waals surface area contributed by atoms with Crippen molar-refractivity contribution in [3.63, 3.8) is 0 Å². The maximum absolute atomic E-state index is 5.63. The number of nitrogens with zero attached hydrogens (tertiary/aromatic N) is 2. The summed E-state index contributed by atoms with van der Waals surface area (Å²) in [6.45, 7) is 5.40. The maximum Gasteiger partial charge on any atom is 0.193 e. The van der Waals surface area contributed by atoms with Gasteiger partial charge in [-0.25, -0.2) is 0 Å². The number of hydrogen-bond acceptors (Lipinski definition) is 3. The second-order valence-corrected chi connectivity index (χ2v) is 5.87. The van der Waals surface area contributed by atoms with E-state index in [-0.39, 0.29) is 0 Å². The Labute approximate surface area is 122 Å². The SMILES string of the molecule is CN=C(NCCC1CC1)N1CCC(COCCOC)C1. The smallest absolute Gasteiger partial charge is 0.193 e. The monoisotopic (exact) mass is 283 g/mol. The number of rotatable bonds is 8. The molecule has 5 nitrogen and oxygen atoms in total. The molecule has 1 heterocycles. The number of aliphatic imine (C=N–C) groups is 1. The zero-order valence-corrected chi connectivity index (χ0v) is 12.9. The van der Waals surface area contributed by atoms with Gasteiger partial charge in [-0.05, 0) is 18.8 Å². The molecule has 116 valence electrons. The lowest BCUT2D eigenvalue weighted by atomic mass is 10.1. The fourth-order valence-corrected chi connectivity index (χ4v) is 2.68. The lowest BCUT2D eigenvalue weighted by Gasteiger charge is -2.21. The fourth-order valence-electron chi connectivity index (χ4n) is 2.68. The molecule has 1 unspecified atom stereocenters. The van der Waals surface area contributed by atoms with Crippen LogP contribution in [0, 0.1) is 11.8 Å².